The number of amidine groups is 1. The molecule has 1 aromatic heterocycles. The van der Waals surface area contributed by atoms with Crippen LogP contribution in [0.1, 0.15) is 11.3 Å². The predicted octanol–water partition coefficient (Wildman–Crippen LogP) is 3.04. The van der Waals surface area contributed by atoms with Gasteiger partial charge in [0.1, 0.15) is 5.76 Å². The van der Waals surface area contributed by atoms with E-state index < -0.39 is 0 Å². The molecule has 4 nitrogen and oxygen atoms in total. The van der Waals surface area contributed by atoms with Crippen LogP contribution in [0.25, 0.3) is 6.08 Å². The van der Waals surface area contributed by atoms with Gasteiger partial charge in [-0.3, -0.25) is 9.79 Å². The zero-order chi connectivity index (χ0) is 13.8. The monoisotopic (exact) mass is 284 g/mol. The SMILES string of the molecule is O=C1NC(=NCc2ccco2)S/C1=C\c1ccccc1. The first kappa shape index (κ1) is 12.7. The maximum absolute atomic E-state index is 11.8. The average Bonchev–Trinajstić information content (AvgIpc) is 3.08. The van der Waals surface area contributed by atoms with Crippen LogP contribution in [0.4, 0.5) is 0 Å². The van der Waals surface area contributed by atoms with Crippen LogP contribution in [0, 0.1) is 0 Å². The summed E-state index contributed by atoms with van der Waals surface area (Å²) < 4.78 is 5.20. The maximum atomic E-state index is 11.8. The number of hydrogen-bond donors (Lipinski definition) is 1. The quantitative estimate of drug-likeness (QED) is 0.881. The summed E-state index contributed by atoms with van der Waals surface area (Å²) in [5.41, 5.74) is 0.998. The van der Waals surface area contributed by atoms with E-state index in [0.29, 0.717) is 16.6 Å². The summed E-state index contributed by atoms with van der Waals surface area (Å²) in [6.45, 7) is 0.425. The van der Waals surface area contributed by atoms with Gasteiger partial charge in [0.25, 0.3) is 5.91 Å². The van der Waals surface area contributed by atoms with Crippen molar-refractivity contribution in [2.45, 2.75) is 6.54 Å². The molecule has 100 valence electrons. The molecule has 0 saturated carbocycles. The highest BCUT2D eigenvalue weighted by Crippen LogP contribution is 2.26. The minimum absolute atomic E-state index is 0.114. The lowest BCUT2D eigenvalue weighted by Crippen LogP contribution is -2.19. The minimum atomic E-state index is -0.114. The van der Waals surface area contributed by atoms with Gasteiger partial charge in [-0.15, -0.1) is 0 Å². The number of amides is 1. The number of carbonyl (C=O) groups excluding carboxylic acids is 1. The van der Waals surface area contributed by atoms with Crippen LogP contribution in [-0.4, -0.2) is 11.1 Å². The first-order chi connectivity index (χ1) is 9.81. The van der Waals surface area contributed by atoms with Gasteiger partial charge in [-0.25, -0.2) is 0 Å². The van der Waals surface area contributed by atoms with Gasteiger partial charge in [0, 0.05) is 0 Å². The Kier molecular flexibility index (Phi) is 3.69. The highest BCUT2D eigenvalue weighted by Gasteiger charge is 2.23. The van der Waals surface area contributed by atoms with Crippen molar-refractivity contribution in [3.05, 3.63) is 65.0 Å². The van der Waals surface area contributed by atoms with Crippen molar-refractivity contribution in [3.63, 3.8) is 0 Å². The largest absolute Gasteiger partial charge is 0.467 e. The third-order valence-corrected chi connectivity index (χ3v) is 3.65. The van der Waals surface area contributed by atoms with Gasteiger partial charge >= 0.3 is 0 Å². The van der Waals surface area contributed by atoms with E-state index in [9.17, 15) is 4.79 Å². The van der Waals surface area contributed by atoms with Gasteiger partial charge in [0.15, 0.2) is 5.17 Å². The Balaban J connectivity index is 1.72. The van der Waals surface area contributed by atoms with Crippen molar-refractivity contribution < 1.29 is 9.21 Å². The van der Waals surface area contributed by atoms with Gasteiger partial charge in [-0.1, -0.05) is 30.3 Å². The fraction of sp³-hybridized carbons (Fsp3) is 0.0667. The van der Waals surface area contributed by atoms with E-state index in [1.165, 1.54) is 11.8 Å². The van der Waals surface area contributed by atoms with Gasteiger partial charge in [0.2, 0.25) is 0 Å². The van der Waals surface area contributed by atoms with Gasteiger partial charge in [-0.2, -0.15) is 0 Å². The highest BCUT2D eigenvalue weighted by molar-refractivity contribution is 8.18. The van der Waals surface area contributed by atoms with Crippen molar-refractivity contribution in [1.29, 1.82) is 0 Å². The molecule has 0 bridgehead atoms. The molecule has 1 saturated heterocycles. The Labute approximate surface area is 120 Å². The molecule has 0 radical (unpaired) electrons. The molecule has 0 aliphatic carbocycles. The summed E-state index contributed by atoms with van der Waals surface area (Å²) in [6, 6.07) is 13.4. The Morgan fingerprint density at radius 1 is 1.20 bits per heavy atom. The third-order valence-electron chi connectivity index (χ3n) is 2.71. The molecule has 0 spiro atoms. The number of benzene rings is 1. The smallest absolute Gasteiger partial charge is 0.264 e. The zero-order valence-corrected chi connectivity index (χ0v) is 11.4. The Bertz CT molecular complexity index is 660. The number of thioether (sulfide) groups is 1. The lowest BCUT2D eigenvalue weighted by molar-refractivity contribution is -0.115. The molecule has 1 amide bonds. The van der Waals surface area contributed by atoms with Crippen molar-refractivity contribution >= 4 is 28.9 Å². The maximum Gasteiger partial charge on any atom is 0.264 e. The summed E-state index contributed by atoms with van der Waals surface area (Å²) in [5, 5.41) is 3.36. The van der Waals surface area contributed by atoms with Crippen LogP contribution in [0.3, 0.4) is 0 Å². The second-order valence-electron chi connectivity index (χ2n) is 4.18. The summed E-state index contributed by atoms with van der Waals surface area (Å²) >= 11 is 1.34. The molecule has 2 aromatic rings. The van der Waals surface area contributed by atoms with E-state index in [2.05, 4.69) is 10.3 Å². The second-order valence-corrected chi connectivity index (χ2v) is 5.21. The minimum Gasteiger partial charge on any atom is -0.467 e. The van der Waals surface area contributed by atoms with E-state index >= 15 is 0 Å². The van der Waals surface area contributed by atoms with Crippen LogP contribution < -0.4 is 5.32 Å². The molecule has 5 heteroatoms. The van der Waals surface area contributed by atoms with Crippen LogP contribution in [0.15, 0.2) is 63.0 Å². The molecule has 1 aliphatic rings. The van der Waals surface area contributed by atoms with Crippen molar-refractivity contribution in [2.24, 2.45) is 4.99 Å². The normalized spacial score (nSPS) is 18.7. The van der Waals surface area contributed by atoms with E-state index in [1.54, 1.807) is 6.26 Å². The molecule has 20 heavy (non-hydrogen) atoms. The molecule has 2 heterocycles. The number of furan rings is 1. The Hall–Kier alpha value is -2.27. The zero-order valence-electron chi connectivity index (χ0n) is 10.6. The third kappa shape index (κ3) is 3.00. The number of aliphatic imine (C=N–C) groups is 1. The number of hydrogen-bond acceptors (Lipinski definition) is 4. The number of carbonyl (C=O) groups is 1. The first-order valence-corrected chi connectivity index (χ1v) is 6.96. The molecule has 3 rings (SSSR count). The first-order valence-electron chi connectivity index (χ1n) is 6.14. The van der Waals surface area contributed by atoms with Crippen molar-refractivity contribution in [2.75, 3.05) is 0 Å². The molecular formula is C15H12N2O2S. The molecule has 1 fully saturated rings. The van der Waals surface area contributed by atoms with Gasteiger partial charge in [0.05, 0.1) is 17.7 Å². The number of rotatable bonds is 3. The number of nitrogens with one attached hydrogen (secondary N) is 1. The van der Waals surface area contributed by atoms with E-state index in [1.807, 2.05) is 48.5 Å². The molecule has 0 atom stereocenters. The number of nitrogens with zero attached hydrogens (tertiary/aromatic N) is 1. The Morgan fingerprint density at radius 2 is 2.05 bits per heavy atom. The molecule has 0 unspecified atom stereocenters. The van der Waals surface area contributed by atoms with Gasteiger partial charge < -0.3 is 9.73 Å². The molecule has 1 N–H and O–H groups in total. The average molecular weight is 284 g/mol. The second kappa shape index (κ2) is 5.79. The molecule has 1 aromatic carbocycles. The van der Waals surface area contributed by atoms with Crippen molar-refractivity contribution in [3.8, 4) is 0 Å². The topological polar surface area (TPSA) is 54.6 Å². The van der Waals surface area contributed by atoms with Gasteiger partial charge in [-0.05, 0) is 35.5 Å². The highest BCUT2D eigenvalue weighted by atomic mass is 32.2. The summed E-state index contributed by atoms with van der Waals surface area (Å²) in [5.74, 6) is 0.657. The van der Waals surface area contributed by atoms with Crippen LogP contribution in [-0.2, 0) is 11.3 Å². The van der Waals surface area contributed by atoms with Crippen LogP contribution >= 0.6 is 11.8 Å². The molecule has 1 aliphatic heterocycles. The fourth-order valence-electron chi connectivity index (χ4n) is 1.75. The Morgan fingerprint density at radius 3 is 2.80 bits per heavy atom. The summed E-state index contributed by atoms with van der Waals surface area (Å²) in [4.78, 5) is 16.8. The van der Waals surface area contributed by atoms with Crippen LogP contribution in [0.2, 0.25) is 0 Å². The predicted molar refractivity (Wildman–Crippen MR) is 80.0 cm³/mol. The molecular weight excluding hydrogens is 272 g/mol. The van der Waals surface area contributed by atoms with Crippen molar-refractivity contribution in [1.82, 2.24) is 5.32 Å². The fourth-order valence-corrected chi connectivity index (χ4v) is 2.57. The standard InChI is InChI=1S/C15H12N2O2S/c18-14-13(9-11-5-2-1-3-6-11)20-15(17-14)16-10-12-7-4-8-19-12/h1-9H,10H2,(H,16,17,18)/b13-9-. The summed E-state index contributed by atoms with van der Waals surface area (Å²) in [7, 11) is 0. The van der Waals surface area contributed by atoms with E-state index in [4.69, 9.17) is 4.42 Å². The summed E-state index contributed by atoms with van der Waals surface area (Å²) in [6.07, 6.45) is 3.46. The van der Waals surface area contributed by atoms with E-state index in [0.717, 1.165) is 11.3 Å². The van der Waals surface area contributed by atoms with E-state index in [-0.39, 0.29) is 5.91 Å². The lowest BCUT2D eigenvalue weighted by atomic mass is 10.2. The lowest BCUT2D eigenvalue weighted by Gasteiger charge is -1.93. The van der Waals surface area contributed by atoms with Crippen LogP contribution in [0.5, 0.6) is 0 Å².